The molecule has 2 unspecified atom stereocenters. The second-order valence-electron chi connectivity index (χ2n) is 25.1. The van der Waals surface area contributed by atoms with Gasteiger partial charge >= 0.3 is 24.7 Å². The maximum Gasteiger partial charge on any atom is 0.416 e. The minimum absolute atomic E-state index is 0.00997. The highest BCUT2D eigenvalue weighted by atomic mass is 32.1. The maximum absolute atomic E-state index is 13.0. The highest BCUT2D eigenvalue weighted by molar-refractivity contribution is 7.15. The average molecular weight is 1680 g/mol. The number of aryl methyl sites for hydroxylation is 3. The van der Waals surface area contributed by atoms with Crippen LogP contribution in [0.1, 0.15) is 86.1 Å². The van der Waals surface area contributed by atoms with Gasteiger partial charge < -0.3 is 65.7 Å². The average Bonchev–Trinajstić information content (AvgIpc) is 1.20. The second kappa shape index (κ2) is 38.0. The molecule has 12 aromatic rings. The van der Waals surface area contributed by atoms with E-state index in [1.807, 2.05) is 26.2 Å². The van der Waals surface area contributed by atoms with Crippen LogP contribution in [0.4, 0.5) is 99.2 Å². The third-order valence-electron chi connectivity index (χ3n) is 16.1. The highest BCUT2D eigenvalue weighted by Gasteiger charge is 2.35. The molecule has 8 aromatic heterocycles. The molecule has 4 aromatic carbocycles. The number of phenols is 4. The predicted octanol–water partition coefficient (Wildman–Crippen LogP) is 18.5. The summed E-state index contributed by atoms with van der Waals surface area (Å²) in [6, 6.07) is 17.4. The van der Waals surface area contributed by atoms with Gasteiger partial charge in [-0.15, -0.1) is 45.3 Å². The van der Waals surface area contributed by atoms with Crippen LogP contribution < -0.4 is 21.3 Å². The van der Waals surface area contributed by atoms with Crippen molar-refractivity contribution in [3.63, 3.8) is 0 Å². The molecular weight excluding hydrogens is 1610 g/mol. The quantitative estimate of drug-likeness (QED) is 0.0285. The van der Waals surface area contributed by atoms with E-state index in [-0.39, 0.29) is 65.5 Å². The number of ether oxygens (including phenoxy) is 4. The predicted molar refractivity (Wildman–Crippen MR) is 405 cm³/mol. The summed E-state index contributed by atoms with van der Waals surface area (Å²) in [4.78, 5) is 53.8. The fraction of sp³-hybridized carbons (Fsp3) is 0.297. The number of hydrogen-bond donors (Lipinski definition) is 9. The van der Waals surface area contributed by atoms with Gasteiger partial charge in [0.1, 0.15) is 65.8 Å². The van der Waals surface area contributed by atoms with Gasteiger partial charge in [-0.2, -0.15) is 52.7 Å². The van der Waals surface area contributed by atoms with Gasteiger partial charge in [-0.05, 0) is 126 Å². The molecule has 0 radical (unpaired) electrons. The first-order valence-corrected chi connectivity index (χ1v) is 37.9. The molecule has 2 aliphatic rings. The Morgan fingerprint density at radius 2 is 0.861 bits per heavy atom. The normalized spacial score (nSPS) is 14.4. The summed E-state index contributed by atoms with van der Waals surface area (Å²) < 4.78 is 178. The van der Waals surface area contributed by atoms with Crippen LogP contribution in [0.3, 0.4) is 0 Å². The summed E-state index contributed by atoms with van der Waals surface area (Å²) in [6.07, 6.45) is -4.33. The number of aromatic hydroxyl groups is 4. The number of aromatic nitrogens is 12. The Hall–Kier alpha value is -10.9. The Kier molecular flexibility index (Phi) is 28.1. The van der Waals surface area contributed by atoms with Crippen LogP contribution in [-0.2, 0) is 63.1 Å². The molecule has 115 heavy (non-hydrogen) atoms. The van der Waals surface area contributed by atoms with Crippen LogP contribution in [0.15, 0.2) is 133 Å². The molecule has 2 aliphatic heterocycles. The van der Waals surface area contributed by atoms with E-state index in [2.05, 4.69) is 81.1 Å². The molecule has 2 atom stereocenters. The molecule has 0 saturated carbocycles. The summed E-state index contributed by atoms with van der Waals surface area (Å²) in [7, 11) is 0. The van der Waals surface area contributed by atoms with Crippen LogP contribution in [0, 0.1) is 20.8 Å². The van der Waals surface area contributed by atoms with Crippen molar-refractivity contribution >= 4 is 91.9 Å². The summed E-state index contributed by atoms with van der Waals surface area (Å²) >= 11 is 5.68. The Bertz CT molecular complexity index is 5250. The molecule has 0 bridgehead atoms. The summed E-state index contributed by atoms with van der Waals surface area (Å²) in [6.45, 7) is 8.61. The fourth-order valence-corrected chi connectivity index (χ4v) is 14.5. The first-order valence-electron chi connectivity index (χ1n) is 34.6. The minimum Gasteiger partial charge on any atom is -0.508 e. The SMILES string of the molecule is Cc1csc(-c2ccnc(Nc3cc(O)cc(C(F)(F)F)c3)n2)n1.Cc1nc(-c2ccnc(Nc3cc(O)cc(C(F)(F)F)c3)n2)sc1CCO.Cc1nc(-c2ccnc(Nc3cc(O)cc(C(F)(F)F)c3)n2)sc1CCOC1CCCCO1.Oc1cc(Nc2nccc(-c3ncc(COCC4CCCO4)s3)n2)cc(C(F)(F)F)c1. The van der Waals surface area contributed by atoms with Crippen LogP contribution in [0.5, 0.6) is 23.0 Å². The number of anilines is 8. The van der Waals surface area contributed by atoms with Crippen LogP contribution >= 0.6 is 45.3 Å². The molecule has 606 valence electrons. The third kappa shape index (κ3) is 25.0. The lowest BCUT2D eigenvalue weighted by Crippen LogP contribution is -2.23. The molecule has 0 aliphatic carbocycles. The number of nitrogens with one attached hydrogen (secondary N) is 4. The first-order chi connectivity index (χ1) is 54.7. The zero-order valence-corrected chi connectivity index (χ0v) is 63.7. The molecule has 0 spiro atoms. The molecular formula is C74H68F12N16O9S4. The van der Waals surface area contributed by atoms with E-state index in [1.165, 1.54) is 82.3 Å². The number of rotatable bonds is 22. The summed E-state index contributed by atoms with van der Waals surface area (Å²) in [5.74, 6) is -1.68. The van der Waals surface area contributed by atoms with Gasteiger partial charge in [0.15, 0.2) is 6.29 Å². The maximum atomic E-state index is 13.0. The van der Waals surface area contributed by atoms with Crippen molar-refractivity contribution in [2.45, 2.75) is 109 Å². The highest BCUT2D eigenvalue weighted by Crippen LogP contribution is 2.40. The Morgan fingerprint density at radius 1 is 0.452 bits per heavy atom. The number of thiazole rings is 4. The van der Waals surface area contributed by atoms with Crippen LogP contribution in [-0.4, -0.2) is 131 Å². The lowest BCUT2D eigenvalue weighted by molar-refractivity contribution is -0.161. The Labute approximate surface area is 662 Å². The monoisotopic (exact) mass is 1680 g/mol. The van der Waals surface area contributed by atoms with E-state index >= 15 is 0 Å². The van der Waals surface area contributed by atoms with Gasteiger partial charge in [-0.25, -0.2) is 59.8 Å². The second-order valence-corrected chi connectivity index (χ2v) is 29.3. The number of hydrogen-bond acceptors (Lipinski definition) is 29. The van der Waals surface area contributed by atoms with Crippen molar-refractivity contribution in [2.75, 3.05) is 54.3 Å². The van der Waals surface area contributed by atoms with Gasteiger partial charge in [0.05, 0.1) is 64.4 Å². The third-order valence-corrected chi connectivity index (χ3v) is 20.6. The first kappa shape index (κ1) is 85.0. The van der Waals surface area contributed by atoms with Crippen LogP contribution in [0.25, 0.3) is 42.8 Å². The van der Waals surface area contributed by atoms with E-state index < -0.39 is 70.0 Å². The molecule has 14 rings (SSSR count). The van der Waals surface area contributed by atoms with Gasteiger partial charge in [-0.3, -0.25) is 0 Å². The van der Waals surface area contributed by atoms with E-state index in [4.69, 9.17) is 24.1 Å². The molecule has 9 N–H and O–H groups in total. The Morgan fingerprint density at radius 3 is 1.23 bits per heavy atom. The van der Waals surface area contributed by atoms with Crippen LogP contribution in [0.2, 0.25) is 0 Å². The molecule has 10 heterocycles. The number of benzene rings is 4. The number of aliphatic hydroxyl groups excluding tert-OH is 1. The molecule has 2 saturated heterocycles. The lowest BCUT2D eigenvalue weighted by Gasteiger charge is -2.22. The summed E-state index contributed by atoms with van der Waals surface area (Å²) in [5.41, 5.74) is 0.842. The van der Waals surface area contributed by atoms with Gasteiger partial charge in [0.25, 0.3) is 0 Å². The molecule has 41 heteroatoms. The van der Waals surface area contributed by atoms with Crippen molar-refractivity contribution in [1.29, 1.82) is 0 Å². The van der Waals surface area contributed by atoms with Crippen molar-refractivity contribution in [3.05, 3.63) is 187 Å². The minimum atomic E-state index is -4.58. The number of phenolic OH excluding ortho intramolecular Hbond substituents is 4. The van der Waals surface area contributed by atoms with Gasteiger partial charge in [0.2, 0.25) is 23.8 Å². The van der Waals surface area contributed by atoms with Crippen molar-refractivity contribution in [3.8, 4) is 65.8 Å². The molecule has 2 fully saturated rings. The van der Waals surface area contributed by atoms with Gasteiger partial charge in [0, 0.05) is 131 Å². The number of halogens is 12. The summed E-state index contributed by atoms with van der Waals surface area (Å²) in [5, 5.41) is 62.6. The fourth-order valence-electron chi connectivity index (χ4n) is 10.9. The zero-order chi connectivity index (χ0) is 82.2. The lowest BCUT2D eigenvalue weighted by atomic mass is 10.2. The topological polar surface area (TPSA) is 341 Å². The van der Waals surface area contributed by atoms with E-state index in [1.54, 1.807) is 30.5 Å². The number of aliphatic hydroxyl groups is 1. The smallest absolute Gasteiger partial charge is 0.416 e. The van der Waals surface area contributed by atoms with Crippen molar-refractivity contribution in [1.82, 2.24) is 59.8 Å². The zero-order valence-electron chi connectivity index (χ0n) is 60.5. The molecule has 25 nitrogen and oxygen atoms in total. The van der Waals surface area contributed by atoms with Crippen molar-refractivity contribution < 1.29 is 97.2 Å². The standard InChI is InChI=1S/C22H23F3N4O3S.C20H19F3N4O3S.C17H15F3N4O2S.C15H11F3N4OS/c1-13-18(6-9-32-19-4-2-3-8-31-19)33-20(27-13)17-5-7-26-21(29-17)28-15-10-14(22(23,24)25)11-16(30)12-15;21-20(22,23)12-6-13(8-14(28)7-12)26-19-24-4-3-17(27-19)18-25-9-16(31-18)11-29-10-15-2-1-5-30-15;1-9-14(3-5-25)27-15(22-9)13-2-4-21-16(24-13)23-11-6-10(17(18,19)20)7-12(26)8-11;1-8-7-24-13(20-8)12-2-3-19-14(22-12)21-10-4-9(15(16,17)18)5-11(23)6-10/h5,7,10-12,19,30H,2-4,6,8-9H2,1H3,(H,26,28,29);3-4,6-9,15,28H,1-2,5,10-11H2,(H,24,26,27);2,4,6-8,25-26H,3,5H2,1H3,(H,21,23,24);2-7,23H,1H3,(H,19,21,22). The van der Waals surface area contributed by atoms with E-state index in [0.717, 1.165) is 113 Å². The van der Waals surface area contributed by atoms with E-state index in [9.17, 15) is 73.1 Å². The number of alkyl halides is 12. The van der Waals surface area contributed by atoms with E-state index in [0.29, 0.717) is 99.7 Å². The Balaban J connectivity index is 0.000000152. The largest absolute Gasteiger partial charge is 0.508 e. The van der Waals surface area contributed by atoms with Crippen molar-refractivity contribution in [2.24, 2.45) is 0 Å². The van der Waals surface area contributed by atoms with Gasteiger partial charge in [-0.1, -0.05) is 0 Å². The number of nitrogens with zero attached hydrogens (tertiary/aromatic N) is 12. The molecule has 0 amide bonds.